The molecule has 1 aliphatic carbocycles. The van der Waals surface area contributed by atoms with Crippen LogP contribution in [0.25, 0.3) is 10.8 Å². The number of rotatable bonds is 5. The number of halogens is 6. The molecule has 0 radical (unpaired) electrons. The molecule has 1 unspecified atom stereocenters. The molecule has 0 amide bonds. The Morgan fingerprint density at radius 3 is 2.29 bits per heavy atom. The van der Waals surface area contributed by atoms with Gasteiger partial charge in [0, 0.05) is 17.4 Å². The van der Waals surface area contributed by atoms with Gasteiger partial charge in [-0.1, -0.05) is 42.6 Å². The molecule has 1 fully saturated rings. The van der Waals surface area contributed by atoms with Crippen LogP contribution in [0.4, 0.5) is 32.0 Å². The lowest BCUT2D eigenvalue weighted by Crippen LogP contribution is -2.56. The van der Waals surface area contributed by atoms with E-state index in [-0.39, 0.29) is 29.3 Å². The van der Waals surface area contributed by atoms with E-state index in [9.17, 15) is 41.0 Å². The molecule has 3 N–H and O–H groups in total. The minimum Gasteiger partial charge on any atom is -0.398 e. The number of carbonyl (C=O) groups excluding carboxylic acids is 1. The first kappa shape index (κ1) is 27.6. The molecular weight excluding hydrogens is 518 g/mol. The van der Waals surface area contributed by atoms with Gasteiger partial charge in [-0.3, -0.25) is 4.79 Å². The van der Waals surface area contributed by atoms with Gasteiger partial charge in [-0.25, -0.2) is 4.79 Å². The van der Waals surface area contributed by atoms with Gasteiger partial charge in [0.25, 0.3) is 0 Å². The van der Waals surface area contributed by atoms with Gasteiger partial charge in [0.05, 0.1) is 22.3 Å². The largest absolute Gasteiger partial charge is 0.424 e. The van der Waals surface area contributed by atoms with E-state index in [0.717, 1.165) is 30.3 Å². The zero-order chi connectivity index (χ0) is 28.1. The summed E-state index contributed by atoms with van der Waals surface area (Å²) in [6.45, 7) is 1.36. The number of nitrogens with zero attached hydrogens (tertiary/aromatic N) is 1. The number of fused-ring (bicyclic) bond motifs is 1. The molecule has 4 rings (SSSR count). The van der Waals surface area contributed by atoms with Gasteiger partial charge in [0.1, 0.15) is 0 Å². The highest BCUT2D eigenvalue weighted by Gasteiger charge is 2.63. The number of carbonyl (C=O) groups is 1. The summed E-state index contributed by atoms with van der Waals surface area (Å²) in [6, 6.07) is 6.21. The minimum absolute atomic E-state index is 0.0187. The Balaban J connectivity index is 1.91. The van der Waals surface area contributed by atoms with Crippen LogP contribution in [0.3, 0.4) is 0 Å². The predicted octanol–water partition coefficient (Wildman–Crippen LogP) is 5.87. The minimum atomic E-state index is -5.56. The van der Waals surface area contributed by atoms with Gasteiger partial charge in [0.2, 0.25) is 11.4 Å². The Morgan fingerprint density at radius 1 is 1.05 bits per heavy atom. The molecule has 3 aromatic rings. The maximum Gasteiger partial charge on any atom is 0.424 e. The lowest BCUT2D eigenvalue weighted by atomic mass is 9.62. The third-order valence-electron chi connectivity index (χ3n) is 7.39. The van der Waals surface area contributed by atoms with E-state index in [0.29, 0.717) is 19.3 Å². The van der Waals surface area contributed by atoms with Crippen molar-refractivity contribution in [3.05, 3.63) is 69.2 Å². The first-order chi connectivity index (χ1) is 17.6. The lowest BCUT2D eigenvalue weighted by molar-refractivity contribution is -0.244. The molecule has 204 valence electrons. The number of Topliss-reactive ketones (excluding diaryl/α,β-unsaturated/α-hetero) is 1. The monoisotopic (exact) mass is 542 g/mol. The van der Waals surface area contributed by atoms with Crippen LogP contribution >= 0.6 is 0 Å². The Labute approximate surface area is 212 Å². The van der Waals surface area contributed by atoms with Gasteiger partial charge in [-0.15, -0.1) is 0 Å². The van der Waals surface area contributed by atoms with Crippen LogP contribution in [0.15, 0.2) is 45.7 Å². The van der Waals surface area contributed by atoms with Crippen molar-refractivity contribution in [1.82, 2.24) is 5.16 Å². The summed E-state index contributed by atoms with van der Waals surface area (Å²) in [4.78, 5) is 25.5. The number of nitrogen functional groups attached to an aromatic ring is 1. The third-order valence-corrected chi connectivity index (χ3v) is 7.39. The average Bonchev–Trinajstić information content (AvgIpc) is 2.85. The number of aromatic nitrogens is 1. The second kappa shape index (κ2) is 9.40. The standard InChI is InChI=1S/C26H24F6N2O4/c1-14-19-15(22(36)38-34-14)9-10-16(20(19)33)21(35)24(37,26(30,31)32)13-23(11-5-2-6-12-23)17-7-3-4-8-18(17)25(27,28)29/h3-4,7-10,37H,2,5-6,11-13,33H2,1H3. The molecule has 1 aliphatic rings. The van der Waals surface area contributed by atoms with Crippen molar-refractivity contribution in [2.75, 3.05) is 5.73 Å². The Morgan fingerprint density at radius 2 is 1.68 bits per heavy atom. The molecule has 1 atom stereocenters. The molecule has 2 aromatic carbocycles. The second-order valence-electron chi connectivity index (χ2n) is 9.75. The Bertz CT molecular complexity index is 1440. The highest BCUT2D eigenvalue weighted by atomic mass is 19.4. The van der Waals surface area contributed by atoms with E-state index in [1.165, 1.54) is 13.0 Å². The van der Waals surface area contributed by atoms with Gasteiger partial charge in [0.15, 0.2) is 0 Å². The number of ketones is 1. The van der Waals surface area contributed by atoms with Crippen molar-refractivity contribution in [1.29, 1.82) is 0 Å². The SMILES string of the molecule is Cc1noc(=O)c2ccc(C(=O)C(O)(CC3(c4ccccc4C(F)(F)F)CCCCC3)C(F)(F)F)c(N)c12. The van der Waals surface area contributed by atoms with Gasteiger partial charge in [-0.05, 0) is 48.9 Å². The highest BCUT2D eigenvalue weighted by molar-refractivity contribution is 6.12. The molecule has 1 aromatic heterocycles. The van der Waals surface area contributed by atoms with Crippen molar-refractivity contribution in [2.45, 2.75) is 68.8 Å². The van der Waals surface area contributed by atoms with Crippen molar-refractivity contribution >= 4 is 22.2 Å². The smallest absolute Gasteiger partial charge is 0.398 e. The van der Waals surface area contributed by atoms with Crippen molar-refractivity contribution in [2.24, 2.45) is 0 Å². The summed E-state index contributed by atoms with van der Waals surface area (Å²) in [7, 11) is 0. The van der Waals surface area contributed by atoms with Gasteiger partial charge in [-0.2, -0.15) is 26.3 Å². The first-order valence-corrected chi connectivity index (χ1v) is 11.8. The van der Waals surface area contributed by atoms with E-state index in [1.54, 1.807) is 0 Å². The van der Waals surface area contributed by atoms with E-state index < -0.39 is 63.6 Å². The fourth-order valence-electron chi connectivity index (χ4n) is 5.57. The predicted molar refractivity (Wildman–Crippen MR) is 126 cm³/mol. The summed E-state index contributed by atoms with van der Waals surface area (Å²) >= 11 is 0. The number of hydrogen-bond donors (Lipinski definition) is 2. The fraction of sp³-hybridized carbons (Fsp3) is 0.423. The number of anilines is 1. The first-order valence-electron chi connectivity index (χ1n) is 11.8. The highest BCUT2D eigenvalue weighted by Crippen LogP contribution is 2.52. The summed E-state index contributed by atoms with van der Waals surface area (Å²) in [5.41, 5.74) is -3.54. The molecule has 0 bridgehead atoms. The third kappa shape index (κ3) is 4.55. The molecule has 6 nitrogen and oxygen atoms in total. The van der Waals surface area contributed by atoms with E-state index >= 15 is 0 Å². The van der Waals surface area contributed by atoms with E-state index in [2.05, 4.69) is 9.68 Å². The van der Waals surface area contributed by atoms with Crippen LogP contribution in [-0.4, -0.2) is 27.8 Å². The zero-order valence-corrected chi connectivity index (χ0v) is 20.2. The number of nitrogens with two attached hydrogens (primary N) is 1. The molecule has 38 heavy (non-hydrogen) atoms. The van der Waals surface area contributed by atoms with Crippen molar-refractivity contribution in [3.63, 3.8) is 0 Å². The molecule has 12 heteroatoms. The van der Waals surface area contributed by atoms with Crippen LogP contribution in [0.2, 0.25) is 0 Å². The summed E-state index contributed by atoms with van der Waals surface area (Å²) in [5.74, 6) is -1.83. The second-order valence-corrected chi connectivity index (χ2v) is 9.75. The van der Waals surface area contributed by atoms with Gasteiger partial charge >= 0.3 is 18.0 Å². The number of hydrogen-bond acceptors (Lipinski definition) is 6. The summed E-state index contributed by atoms with van der Waals surface area (Å²) < 4.78 is 90.1. The molecule has 0 aliphatic heterocycles. The van der Waals surface area contributed by atoms with E-state index in [1.807, 2.05) is 0 Å². The van der Waals surface area contributed by atoms with Crippen LogP contribution in [0, 0.1) is 6.92 Å². The number of benzene rings is 2. The normalized spacial score (nSPS) is 17.8. The number of aryl methyl sites for hydroxylation is 1. The number of aliphatic hydroxyl groups is 1. The maximum atomic E-state index is 14.6. The zero-order valence-electron chi connectivity index (χ0n) is 20.2. The van der Waals surface area contributed by atoms with Crippen LogP contribution in [0.5, 0.6) is 0 Å². The van der Waals surface area contributed by atoms with Crippen LogP contribution < -0.4 is 11.4 Å². The Hall–Kier alpha value is -3.41. The lowest BCUT2D eigenvalue weighted by Gasteiger charge is -2.44. The molecule has 1 heterocycles. The Kier molecular flexibility index (Phi) is 6.84. The van der Waals surface area contributed by atoms with Crippen molar-refractivity contribution in [3.8, 4) is 0 Å². The van der Waals surface area contributed by atoms with E-state index in [4.69, 9.17) is 5.73 Å². The van der Waals surface area contributed by atoms with Crippen molar-refractivity contribution < 1.29 is 40.8 Å². The fourth-order valence-corrected chi connectivity index (χ4v) is 5.57. The van der Waals surface area contributed by atoms with Crippen LogP contribution in [-0.2, 0) is 11.6 Å². The molecule has 0 spiro atoms. The molecule has 1 saturated carbocycles. The molecule has 0 saturated heterocycles. The summed E-state index contributed by atoms with van der Waals surface area (Å²) in [6.07, 6.45) is -10.7. The summed E-state index contributed by atoms with van der Waals surface area (Å²) in [5, 5.41) is 14.4. The molecular formula is C26H24F6N2O4. The quantitative estimate of drug-likeness (QED) is 0.238. The maximum absolute atomic E-state index is 14.6. The van der Waals surface area contributed by atoms with Crippen LogP contribution in [0.1, 0.15) is 65.7 Å². The van der Waals surface area contributed by atoms with Gasteiger partial charge < -0.3 is 15.4 Å². The average molecular weight is 542 g/mol. The topological polar surface area (TPSA) is 106 Å². The number of alkyl halides is 6.